The first-order valence-electron chi connectivity index (χ1n) is 4.59. The molecular weight excluding hydrogens is 232 g/mol. The molecule has 0 aliphatic carbocycles. The minimum atomic E-state index is -1.00. The molecule has 0 aliphatic heterocycles. The zero-order valence-electron chi connectivity index (χ0n) is 8.24. The fraction of sp³-hybridized carbons (Fsp3) is 0. The topological polar surface area (TPSA) is 93.6 Å². The van der Waals surface area contributed by atoms with Gasteiger partial charge in [-0.05, 0) is 22.4 Å². The second-order valence-electron chi connectivity index (χ2n) is 3.34. The lowest BCUT2D eigenvalue weighted by Crippen LogP contribution is -1.89. The van der Waals surface area contributed by atoms with E-state index in [-0.39, 0.29) is 28.4 Å². The average Bonchev–Trinajstić information content (AvgIpc) is 2.89. The SMILES string of the molecule is Nc1nonc1-c1nc2ccc(F)c(F)c2[nH]1. The summed E-state index contributed by atoms with van der Waals surface area (Å²) in [7, 11) is 0. The van der Waals surface area contributed by atoms with E-state index < -0.39 is 11.6 Å². The number of nitrogens with zero attached hydrogens (tertiary/aromatic N) is 3. The summed E-state index contributed by atoms with van der Waals surface area (Å²) in [6.45, 7) is 0. The standard InChI is InChI=1S/C9H5F2N5O/c10-3-1-2-4-6(5(3)11)14-9(13-4)7-8(12)16-17-15-7/h1-2H,(H2,12,16)(H,13,14). The van der Waals surface area contributed by atoms with Crippen molar-refractivity contribution < 1.29 is 13.4 Å². The molecule has 0 spiro atoms. The van der Waals surface area contributed by atoms with Crippen LogP contribution in [0.25, 0.3) is 22.6 Å². The Hall–Kier alpha value is -2.51. The first-order valence-corrected chi connectivity index (χ1v) is 4.59. The van der Waals surface area contributed by atoms with Gasteiger partial charge in [0.2, 0.25) is 0 Å². The van der Waals surface area contributed by atoms with Crippen LogP contribution >= 0.6 is 0 Å². The fourth-order valence-corrected chi connectivity index (χ4v) is 1.49. The van der Waals surface area contributed by atoms with Crippen molar-refractivity contribution in [1.29, 1.82) is 0 Å². The Balaban J connectivity index is 2.27. The first-order chi connectivity index (χ1) is 8.16. The third-order valence-electron chi connectivity index (χ3n) is 2.29. The molecule has 0 saturated carbocycles. The van der Waals surface area contributed by atoms with Crippen molar-refractivity contribution >= 4 is 16.9 Å². The summed E-state index contributed by atoms with van der Waals surface area (Å²) >= 11 is 0. The minimum Gasteiger partial charge on any atom is -0.379 e. The number of hydrogen-bond donors (Lipinski definition) is 2. The van der Waals surface area contributed by atoms with Gasteiger partial charge in [0, 0.05) is 0 Å². The number of nitrogen functional groups attached to an aromatic ring is 1. The molecule has 3 N–H and O–H groups in total. The van der Waals surface area contributed by atoms with Gasteiger partial charge in [0.15, 0.2) is 29.0 Å². The van der Waals surface area contributed by atoms with Gasteiger partial charge in [-0.1, -0.05) is 0 Å². The van der Waals surface area contributed by atoms with Crippen molar-refractivity contribution in [3.05, 3.63) is 23.8 Å². The van der Waals surface area contributed by atoms with Gasteiger partial charge >= 0.3 is 0 Å². The van der Waals surface area contributed by atoms with E-state index in [1.807, 2.05) is 0 Å². The van der Waals surface area contributed by atoms with Crippen molar-refractivity contribution in [3.8, 4) is 11.5 Å². The van der Waals surface area contributed by atoms with E-state index >= 15 is 0 Å². The van der Waals surface area contributed by atoms with E-state index in [1.165, 1.54) is 6.07 Å². The highest BCUT2D eigenvalue weighted by Crippen LogP contribution is 2.24. The molecule has 0 bridgehead atoms. The fourth-order valence-electron chi connectivity index (χ4n) is 1.49. The van der Waals surface area contributed by atoms with Crippen molar-refractivity contribution in [2.75, 3.05) is 5.73 Å². The molecule has 0 unspecified atom stereocenters. The molecule has 3 rings (SSSR count). The Bertz CT molecular complexity index is 705. The number of hydrogen-bond acceptors (Lipinski definition) is 5. The van der Waals surface area contributed by atoms with Gasteiger partial charge in [-0.15, -0.1) is 0 Å². The van der Waals surface area contributed by atoms with Gasteiger partial charge in [0.05, 0.1) is 5.52 Å². The molecule has 0 saturated heterocycles. The maximum Gasteiger partial charge on any atom is 0.199 e. The van der Waals surface area contributed by atoms with Crippen LogP contribution in [0.5, 0.6) is 0 Å². The number of imidazole rings is 1. The molecule has 3 aromatic rings. The van der Waals surface area contributed by atoms with E-state index in [2.05, 4.69) is 24.9 Å². The lowest BCUT2D eigenvalue weighted by atomic mass is 10.3. The minimum absolute atomic E-state index is 0.0185. The second-order valence-corrected chi connectivity index (χ2v) is 3.34. The van der Waals surface area contributed by atoms with E-state index in [9.17, 15) is 8.78 Å². The Morgan fingerprint density at radius 1 is 1.24 bits per heavy atom. The van der Waals surface area contributed by atoms with Gasteiger partial charge < -0.3 is 10.7 Å². The lowest BCUT2D eigenvalue weighted by molar-refractivity contribution is 0.310. The predicted octanol–water partition coefficient (Wildman–Crippen LogP) is 1.47. The number of aromatic amines is 1. The third kappa shape index (κ3) is 1.34. The van der Waals surface area contributed by atoms with E-state index in [4.69, 9.17) is 5.73 Å². The van der Waals surface area contributed by atoms with Gasteiger partial charge in [0.1, 0.15) is 5.52 Å². The molecule has 0 atom stereocenters. The van der Waals surface area contributed by atoms with E-state index in [1.54, 1.807) is 0 Å². The summed E-state index contributed by atoms with van der Waals surface area (Å²) in [5.74, 6) is -1.77. The molecule has 2 heterocycles. The number of nitrogens with two attached hydrogens (primary N) is 1. The highest BCUT2D eigenvalue weighted by molar-refractivity contribution is 5.80. The van der Waals surface area contributed by atoms with Crippen LogP contribution in [0, 0.1) is 11.6 Å². The first kappa shape index (κ1) is 9.70. The lowest BCUT2D eigenvalue weighted by Gasteiger charge is -1.91. The number of anilines is 1. The Morgan fingerprint density at radius 3 is 2.76 bits per heavy atom. The van der Waals surface area contributed by atoms with Crippen LogP contribution in [-0.2, 0) is 0 Å². The summed E-state index contributed by atoms with van der Waals surface area (Å²) in [5.41, 5.74) is 5.83. The number of benzene rings is 1. The van der Waals surface area contributed by atoms with Crippen molar-refractivity contribution in [2.24, 2.45) is 0 Å². The zero-order valence-corrected chi connectivity index (χ0v) is 8.24. The second kappa shape index (κ2) is 3.24. The molecule has 0 amide bonds. The van der Waals surface area contributed by atoms with Crippen LogP contribution in [0.2, 0.25) is 0 Å². The van der Waals surface area contributed by atoms with Crippen LogP contribution in [0.3, 0.4) is 0 Å². The van der Waals surface area contributed by atoms with Crippen molar-refractivity contribution in [1.82, 2.24) is 20.3 Å². The molecule has 0 fully saturated rings. The molecule has 0 radical (unpaired) electrons. The van der Waals surface area contributed by atoms with Gasteiger partial charge in [0.25, 0.3) is 0 Å². The molecule has 0 aliphatic rings. The molecule has 86 valence electrons. The maximum absolute atomic E-state index is 13.4. The number of aromatic nitrogens is 4. The molecule has 1 aromatic carbocycles. The summed E-state index contributed by atoms with van der Waals surface area (Å²) in [6.07, 6.45) is 0. The highest BCUT2D eigenvalue weighted by atomic mass is 19.2. The normalized spacial score (nSPS) is 11.2. The number of nitrogens with one attached hydrogen (secondary N) is 1. The molecule has 17 heavy (non-hydrogen) atoms. The third-order valence-corrected chi connectivity index (χ3v) is 2.29. The summed E-state index contributed by atoms with van der Waals surface area (Å²) in [4.78, 5) is 6.59. The predicted molar refractivity (Wildman–Crippen MR) is 53.7 cm³/mol. The van der Waals surface area contributed by atoms with E-state index in [0.29, 0.717) is 0 Å². The van der Waals surface area contributed by atoms with Crippen LogP contribution in [-0.4, -0.2) is 20.3 Å². The van der Waals surface area contributed by atoms with Crippen LogP contribution < -0.4 is 5.73 Å². The molecule has 8 heteroatoms. The zero-order chi connectivity index (χ0) is 12.0. The summed E-state index contributed by atoms with van der Waals surface area (Å²) in [6, 6.07) is 2.34. The number of H-pyrrole nitrogens is 1. The Labute approximate surface area is 92.4 Å². The average molecular weight is 237 g/mol. The Morgan fingerprint density at radius 2 is 2.06 bits per heavy atom. The van der Waals surface area contributed by atoms with Crippen molar-refractivity contribution in [2.45, 2.75) is 0 Å². The quantitative estimate of drug-likeness (QED) is 0.668. The summed E-state index contributed by atoms with van der Waals surface area (Å²) in [5, 5.41) is 6.88. The maximum atomic E-state index is 13.4. The summed E-state index contributed by atoms with van der Waals surface area (Å²) < 4.78 is 30.8. The van der Waals surface area contributed by atoms with Gasteiger partial charge in [-0.25, -0.2) is 18.4 Å². The smallest absolute Gasteiger partial charge is 0.199 e. The monoisotopic (exact) mass is 237 g/mol. The molecule has 2 aromatic heterocycles. The number of halogens is 2. The Kier molecular flexibility index (Phi) is 1.85. The molecule has 6 nitrogen and oxygen atoms in total. The van der Waals surface area contributed by atoms with Gasteiger partial charge in [-0.2, -0.15) is 0 Å². The van der Waals surface area contributed by atoms with Crippen molar-refractivity contribution in [3.63, 3.8) is 0 Å². The highest BCUT2D eigenvalue weighted by Gasteiger charge is 2.16. The van der Waals surface area contributed by atoms with Crippen LogP contribution in [0.1, 0.15) is 0 Å². The molecular formula is C9H5F2N5O. The van der Waals surface area contributed by atoms with E-state index in [0.717, 1.165) is 6.07 Å². The largest absolute Gasteiger partial charge is 0.379 e. The van der Waals surface area contributed by atoms with Crippen LogP contribution in [0.15, 0.2) is 16.8 Å². The number of fused-ring (bicyclic) bond motifs is 1. The van der Waals surface area contributed by atoms with Crippen LogP contribution in [0.4, 0.5) is 14.6 Å². The van der Waals surface area contributed by atoms with Gasteiger partial charge in [-0.3, -0.25) is 0 Å². The number of rotatable bonds is 1.